The Morgan fingerprint density at radius 3 is 2.77 bits per heavy atom. The van der Waals surface area contributed by atoms with Gasteiger partial charge in [0.2, 0.25) is 0 Å². The molecule has 0 aliphatic carbocycles. The molecular formula is C10H14N2O. The van der Waals surface area contributed by atoms with E-state index in [2.05, 4.69) is 5.32 Å². The first-order valence-corrected chi connectivity index (χ1v) is 4.61. The minimum atomic E-state index is -0.531. The summed E-state index contributed by atoms with van der Waals surface area (Å²) in [5.74, 6) is 0. The fourth-order valence-corrected chi connectivity index (χ4v) is 1.60. The second-order valence-electron chi connectivity index (χ2n) is 3.21. The van der Waals surface area contributed by atoms with Crippen LogP contribution in [-0.4, -0.2) is 24.5 Å². The van der Waals surface area contributed by atoms with Gasteiger partial charge in [0.25, 0.3) is 0 Å². The van der Waals surface area contributed by atoms with Crippen LogP contribution in [0.4, 0.5) is 5.69 Å². The van der Waals surface area contributed by atoms with Crippen molar-refractivity contribution in [2.75, 3.05) is 18.0 Å². The maximum atomic E-state index is 9.64. The molecule has 1 aromatic rings. The standard InChI is InChI=1S/C10H14N2O/c13-10-11-7-4-8-12(10)9-5-2-1-3-6-9/h1-3,5-6,10-11,13H,4,7-8H2. The molecule has 0 aromatic heterocycles. The fraction of sp³-hybridized carbons (Fsp3) is 0.400. The van der Waals surface area contributed by atoms with Crippen LogP contribution in [0.2, 0.25) is 0 Å². The molecule has 0 radical (unpaired) electrons. The number of anilines is 1. The monoisotopic (exact) mass is 178 g/mol. The number of aliphatic hydroxyl groups is 1. The van der Waals surface area contributed by atoms with Gasteiger partial charge in [0, 0.05) is 18.8 Å². The normalized spacial score (nSPS) is 23.2. The second kappa shape index (κ2) is 3.77. The number of hydrogen-bond acceptors (Lipinski definition) is 3. The van der Waals surface area contributed by atoms with E-state index in [0.717, 1.165) is 25.2 Å². The van der Waals surface area contributed by atoms with Crippen LogP contribution in [0.25, 0.3) is 0 Å². The predicted octanol–water partition coefficient (Wildman–Crippen LogP) is 0.762. The van der Waals surface area contributed by atoms with Crippen molar-refractivity contribution in [3.05, 3.63) is 30.3 Å². The van der Waals surface area contributed by atoms with E-state index >= 15 is 0 Å². The van der Waals surface area contributed by atoms with Gasteiger partial charge in [0.15, 0.2) is 6.35 Å². The zero-order valence-electron chi connectivity index (χ0n) is 7.48. The molecule has 1 aromatic carbocycles. The van der Waals surface area contributed by atoms with E-state index in [-0.39, 0.29) is 0 Å². The number of nitrogens with zero attached hydrogens (tertiary/aromatic N) is 1. The van der Waals surface area contributed by atoms with Crippen LogP contribution in [0.5, 0.6) is 0 Å². The van der Waals surface area contributed by atoms with Crippen LogP contribution in [-0.2, 0) is 0 Å². The molecule has 2 N–H and O–H groups in total. The minimum Gasteiger partial charge on any atom is -0.361 e. The van der Waals surface area contributed by atoms with Crippen molar-refractivity contribution in [2.45, 2.75) is 12.8 Å². The van der Waals surface area contributed by atoms with Crippen molar-refractivity contribution in [2.24, 2.45) is 0 Å². The van der Waals surface area contributed by atoms with Crippen molar-refractivity contribution in [3.63, 3.8) is 0 Å². The Morgan fingerprint density at radius 1 is 1.31 bits per heavy atom. The summed E-state index contributed by atoms with van der Waals surface area (Å²) in [6.45, 7) is 1.81. The Balaban J connectivity index is 2.15. The number of para-hydroxylation sites is 1. The Hall–Kier alpha value is -1.06. The average Bonchev–Trinajstić information content (AvgIpc) is 2.20. The van der Waals surface area contributed by atoms with Gasteiger partial charge in [-0.3, -0.25) is 5.32 Å². The molecule has 70 valence electrons. The Kier molecular flexibility index (Phi) is 2.47. The molecular weight excluding hydrogens is 164 g/mol. The maximum Gasteiger partial charge on any atom is 0.184 e. The molecule has 1 aliphatic heterocycles. The number of aliphatic hydroxyl groups excluding tert-OH is 1. The summed E-state index contributed by atoms with van der Waals surface area (Å²) >= 11 is 0. The fourth-order valence-electron chi connectivity index (χ4n) is 1.60. The molecule has 2 rings (SSSR count). The highest BCUT2D eigenvalue weighted by molar-refractivity contribution is 5.46. The molecule has 0 amide bonds. The lowest BCUT2D eigenvalue weighted by molar-refractivity contribution is 0.117. The lowest BCUT2D eigenvalue weighted by Crippen LogP contribution is -2.51. The van der Waals surface area contributed by atoms with Gasteiger partial charge in [-0.2, -0.15) is 0 Å². The summed E-state index contributed by atoms with van der Waals surface area (Å²) in [6, 6.07) is 9.97. The van der Waals surface area contributed by atoms with Gasteiger partial charge in [-0.15, -0.1) is 0 Å². The van der Waals surface area contributed by atoms with Gasteiger partial charge in [-0.1, -0.05) is 18.2 Å². The van der Waals surface area contributed by atoms with E-state index < -0.39 is 6.35 Å². The van der Waals surface area contributed by atoms with Crippen molar-refractivity contribution in [1.82, 2.24) is 5.32 Å². The number of benzene rings is 1. The van der Waals surface area contributed by atoms with Crippen LogP contribution in [0.1, 0.15) is 6.42 Å². The van der Waals surface area contributed by atoms with Crippen molar-refractivity contribution >= 4 is 5.69 Å². The van der Waals surface area contributed by atoms with Crippen LogP contribution >= 0.6 is 0 Å². The highest BCUT2D eigenvalue weighted by atomic mass is 16.3. The van der Waals surface area contributed by atoms with Crippen LogP contribution < -0.4 is 10.2 Å². The van der Waals surface area contributed by atoms with Gasteiger partial charge < -0.3 is 10.0 Å². The molecule has 1 unspecified atom stereocenters. The first-order chi connectivity index (χ1) is 6.38. The first-order valence-electron chi connectivity index (χ1n) is 4.61. The van der Waals surface area contributed by atoms with Gasteiger partial charge in [0.1, 0.15) is 0 Å². The van der Waals surface area contributed by atoms with Crippen molar-refractivity contribution in [3.8, 4) is 0 Å². The molecule has 13 heavy (non-hydrogen) atoms. The van der Waals surface area contributed by atoms with E-state index in [4.69, 9.17) is 0 Å². The van der Waals surface area contributed by atoms with E-state index in [1.807, 2.05) is 35.2 Å². The van der Waals surface area contributed by atoms with Crippen molar-refractivity contribution in [1.29, 1.82) is 0 Å². The van der Waals surface area contributed by atoms with Crippen LogP contribution in [0.15, 0.2) is 30.3 Å². The quantitative estimate of drug-likeness (QED) is 0.666. The highest BCUT2D eigenvalue weighted by Gasteiger charge is 2.18. The average molecular weight is 178 g/mol. The molecule has 3 nitrogen and oxygen atoms in total. The second-order valence-corrected chi connectivity index (χ2v) is 3.21. The van der Waals surface area contributed by atoms with E-state index in [0.29, 0.717) is 0 Å². The lowest BCUT2D eigenvalue weighted by atomic mass is 10.2. The predicted molar refractivity (Wildman–Crippen MR) is 52.4 cm³/mol. The Bertz CT molecular complexity index is 263. The molecule has 0 bridgehead atoms. The van der Waals surface area contributed by atoms with E-state index in [1.165, 1.54) is 0 Å². The lowest BCUT2D eigenvalue weighted by Gasteiger charge is -2.34. The Labute approximate surface area is 78.0 Å². The van der Waals surface area contributed by atoms with Gasteiger partial charge in [-0.25, -0.2) is 0 Å². The number of hydrogen-bond donors (Lipinski definition) is 2. The zero-order valence-corrected chi connectivity index (χ0v) is 7.48. The van der Waals surface area contributed by atoms with Gasteiger partial charge in [-0.05, 0) is 18.6 Å². The highest BCUT2D eigenvalue weighted by Crippen LogP contribution is 2.16. The largest absolute Gasteiger partial charge is 0.361 e. The van der Waals surface area contributed by atoms with Crippen LogP contribution in [0, 0.1) is 0 Å². The zero-order chi connectivity index (χ0) is 9.10. The third-order valence-corrected chi connectivity index (χ3v) is 2.29. The molecule has 1 saturated heterocycles. The molecule has 1 heterocycles. The smallest absolute Gasteiger partial charge is 0.184 e. The Morgan fingerprint density at radius 2 is 2.08 bits per heavy atom. The minimum absolute atomic E-state index is 0.531. The van der Waals surface area contributed by atoms with E-state index in [9.17, 15) is 5.11 Å². The van der Waals surface area contributed by atoms with Crippen molar-refractivity contribution < 1.29 is 5.11 Å². The van der Waals surface area contributed by atoms with Gasteiger partial charge in [0.05, 0.1) is 0 Å². The van der Waals surface area contributed by atoms with Gasteiger partial charge >= 0.3 is 0 Å². The summed E-state index contributed by atoms with van der Waals surface area (Å²) in [6.07, 6.45) is 0.544. The summed E-state index contributed by atoms with van der Waals surface area (Å²) in [5, 5.41) is 12.6. The molecule has 0 saturated carbocycles. The summed E-state index contributed by atoms with van der Waals surface area (Å²) in [7, 11) is 0. The molecule has 1 atom stereocenters. The first kappa shape index (κ1) is 8.53. The summed E-state index contributed by atoms with van der Waals surface area (Å²) < 4.78 is 0. The summed E-state index contributed by atoms with van der Waals surface area (Å²) in [5.41, 5.74) is 1.07. The molecule has 1 aliphatic rings. The maximum absolute atomic E-state index is 9.64. The SMILES string of the molecule is OC1NCCCN1c1ccccc1. The topological polar surface area (TPSA) is 35.5 Å². The third-order valence-electron chi connectivity index (χ3n) is 2.29. The number of rotatable bonds is 1. The third kappa shape index (κ3) is 1.82. The summed E-state index contributed by atoms with van der Waals surface area (Å²) in [4.78, 5) is 1.96. The van der Waals surface area contributed by atoms with Crippen LogP contribution in [0.3, 0.4) is 0 Å². The molecule has 0 spiro atoms. The molecule has 1 fully saturated rings. The van der Waals surface area contributed by atoms with E-state index in [1.54, 1.807) is 0 Å². The molecule has 3 heteroatoms. The number of nitrogens with one attached hydrogen (secondary N) is 1.